The van der Waals surface area contributed by atoms with E-state index in [1.165, 1.54) is 18.9 Å². The summed E-state index contributed by atoms with van der Waals surface area (Å²) in [5, 5.41) is 14.2. The number of rotatable bonds is 5. The van der Waals surface area contributed by atoms with Gasteiger partial charge in [-0.1, -0.05) is 17.8 Å². The molecule has 0 aliphatic carbocycles. The minimum absolute atomic E-state index is 0.0119. The van der Waals surface area contributed by atoms with Crippen LogP contribution in [0.5, 0.6) is 0 Å². The molecule has 1 amide bonds. The Bertz CT molecular complexity index is 509. The van der Waals surface area contributed by atoms with Crippen LogP contribution in [0.15, 0.2) is 12.1 Å². The maximum Gasteiger partial charge on any atom is 0.324 e. The van der Waals surface area contributed by atoms with Gasteiger partial charge in [-0.05, 0) is 39.3 Å². The fourth-order valence-electron chi connectivity index (χ4n) is 2.53. The van der Waals surface area contributed by atoms with Gasteiger partial charge in [-0.3, -0.25) is 14.9 Å². The van der Waals surface area contributed by atoms with Crippen molar-refractivity contribution in [2.75, 3.05) is 13.1 Å². The third kappa shape index (κ3) is 4.01. The summed E-state index contributed by atoms with van der Waals surface area (Å²) in [5.74, 6) is -0.115. The molecule has 116 valence electrons. The van der Waals surface area contributed by atoms with Crippen LogP contribution < -0.4 is 5.32 Å². The van der Waals surface area contributed by atoms with Crippen LogP contribution in [0.4, 0.5) is 5.00 Å². The van der Waals surface area contributed by atoms with Crippen LogP contribution in [0.3, 0.4) is 0 Å². The van der Waals surface area contributed by atoms with Crippen molar-refractivity contribution in [3.05, 3.63) is 27.1 Å². The van der Waals surface area contributed by atoms with E-state index in [4.69, 9.17) is 0 Å². The second-order valence-electron chi connectivity index (χ2n) is 5.59. The first-order chi connectivity index (χ1) is 9.99. The fourth-order valence-corrected chi connectivity index (χ4v) is 3.30. The molecule has 1 unspecified atom stereocenters. The average molecular weight is 311 g/mol. The van der Waals surface area contributed by atoms with Crippen LogP contribution in [0.25, 0.3) is 0 Å². The van der Waals surface area contributed by atoms with Crippen molar-refractivity contribution in [3.8, 4) is 0 Å². The molecule has 21 heavy (non-hydrogen) atoms. The first kappa shape index (κ1) is 15.9. The fraction of sp³-hybridized carbons (Fsp3) is 0.643. The van der Waals surface area contributed by atoms with Gasteiger partial charge in [0.25, 0.3) is 5.91 Å². The third-order valence-electron chi connectivity index (χ3n) is 3.70. The molecule has 1 atom stereocenters. The number of nitrogens with one attached hydrogen (secondary N) is 1. The van der Waals surface area contributed by atoms with E-state index in [0.717, 1.165) is 24.3 Å². The molecular weight excluding hydrogens is 290 g/mol. The van der Waals surface area contributed by atoms with Gasteiger partial charge in [-0.15, -0.1) is 0 Å². The second kappa shape index (κ2) is 7.00. The quantitative estimate of drug-likeness (QED) is 0.670. The van der Waals surface area contributed by atoms with Gasteiger partial charge in [-0.2, -0.15) is 0 Å². The van der Waals surface area contributed by atoms with Gasteiger partial charge in [-0.25, -0.2) is 0 Å². The molecule has 0 radical (unpaired) electrons. The van der Waals surface area contributed by atoms with Crippen molar-refractivity contribution >= 4 is 22.2 Å². The van der Waals surface area contributed by atoms with E-state index >= 15 is 0 Å². The molecule has 1 aliphatic heterocycles. The van der Waals surface area contributed by atoms with Gasteiger partial charge < -0.3 is 10.2 Å². The molecule has 0 aromatic carbocycles. The van der Waals surface area contributed by atoms with Gasteiger partial charge in [0.2, 0.25) is 0 Å². The predicted octanol–water partition coefficient (Wildman–Crippen LogP) is 2.65. The Labute approximate surface area is 128 Å². The molecule has 6 nitrogen and oxygen atoms in total. The molecular formula is C14H21N3O3S. The number of carbonyl (C=O) groups excluding carboxylic acids is 1. The first-order valence-electron chi connectivity index (χ1n) is 7.27. The number of amides is 1. The second-order valence-corrected chi connectivity index (χ2v) is 6.66. The van der Waals surface area contributed by atoms with Crippen molar-refractivity contribution in [1.82, 2.24) is 10.2 Å². The van der Waals surface area contributed by atoms with E-state index < -0.39 is 4.92 Å². The zero-order valence-corrected chi connectivity index (χ0v) is 13.2. The van der Waals surface area contributed by atoms with Crippen molar-refractivity contribution in [2.24, 2.45) is 0 Å². The highest BCUT2D eigenvalue weighted by atomic mass is 32.1. The molecule has 7 heteroatoms. The van der Waals surface area contributed by atoms with Crippen LogP contribution in [0.2, 0.25) is 0 Å². The lowest BCUT2D eigenvalue weighted by atomic mass is 10.0. The van der Waals surface area contributed by atoms with Gasteiger partial charge in [0, 0.05) is 24.7 Å². The van der Waals surface area contributed by atoms with Crippen molar-refractivity contribution in [3.63, 3.8) is 0 Å². The zero-order valence-electron chi connectivity index (χ0n) is 12.4. The van der Waals surface area contributed by atoms with Crippen molar-refractivity contribution in [1.29, 1.82) is 0 Å². The van der Waals surface area contributed by atoms with Gasteiger partial charge in [0.05, 0.1) is 9.80 Å². The molecule has 2 rings (SSSR count). The summed E-state index contributed by atoms with van der Waals surface area (Å²) in [6, 6.07) is 3.34. The van der Waals surface area contributed by atoms with Gasteiger partial charge in [0.15, 0.2) is 0 Å². The molecule has 0 spiro atoms. The number of piperidine rings is 1. The number of hydrogen-bond donors (Lipinski definition) is 1. The molecule has 0 saturated carbocycles. The van der Waals surface area contributed by atoms with Crippen LogP contribution in [-0.4, -0.2) is 40.9 Å². The highest BCUT2D eigenvalue weighted by Gasteiger charge is 2.26. The van der Waals surface area contributed by atoms with E-state index in [2.05, 4.69) is 5.32 Å². The Hall–Kier alpha value is -1.47. The van der Waals surface area contributed by atoms with E-state index in [0.29, 0.717) is 17.5 Å². The minimum Gasteiger partial charge on any atom is -0.334 e. The number of nitrogens with zero attached hydrogens (tertiary/aromatic N) is 2. The van der Waals surface area contributed by atoms with Crippen LogP contribution >= 0.6 is 11.3 Å². The van der Waals surface area contributed by atoms with Gasteiger partial charge in [0.1, 0.15) is 0 Å². The normalized spacial score (nSPS) is 18.7. The molecule has 1 N–H and O–H groups in total. The third-order valence-corrected chi connectivity index (χ3v) is 4.72. The van der Waals surface area contributed by atoms with Crippen LogP contribution in [0.1, 0.15) is 42.8 Å². The summed E-state index contributed by atoms with van der Waals surface area (Å²) < 4.78 is 0. The Balaban J connectivity index is 2.08. The first-order valence-corrected chi connectivity index (χ1v) is 8.09. The Kier molecular flexibility index (Phi) is 5.30. The van der Waals surface area contributed by atoms with E-state index in [-0.39, 0.29) is 17.0 Å². The SMILES string of the molecule is CC(C)N(CC1CCCCN1)C(=O)c1ccc([N+](=O)[O-])s1. The lowest BCUT2D eigenvalue weighted by Crippen LogP contribution is -2.48. The van der Waals surface area contributed by atoms with Crippen LogP contribution in [0, 0.1) is 10.1 Å². The minimum atomic E-state index is -0.455. The molecule has 1 aromatic heterocycles. The maximum absolute atomic E-state index is 12.6. The molecule has 1 fully saturated rings. The lowest BCUT2D eigenvalue weighted by Gasteiger charge is -2.33. The Morgan fingerprint density at radius 2 is 2.29 bits per heavy atom. The summed E-state index contributed by atoms with van der Waals surface area (Å²) in [6.45, 7) is 5.60. The zero-order chi connectivity index (χ0) is 15.4. The summed E-state index contributed by atoms with van der Waals surface area (Å²) in [5.41, 5.74) is 0. The summed E-state index contributed by atoms with van der Waals surface area (Å²) in [4.78, 5) is 25.1. The number of thiophene rings is 1. The predicted molar refractivity (Wildman–Crippen MR) is 82.8 cm³/mol. The smallest absolute Gasteiger partial charge is 0.324 e. The summed E-state index contributed by atoms with van der Waals surface area (Å²) in [7, 11) is 0. The topological polar surface area (TPSA) is 75.5 Å². The largest absolute Gasteiger partial charge is 0.334 e. The maximum atomic E-state index is 12.6. The van der Waals surface area contributed by atoms with E-state index in [1.807, 2.05) is 13.8 Å². The van der Waals surface area contributed by atoms with E-state index in [1.54, 1.807) is 11.0 Å². The standard InChI is InChI=1S/C14H21N3O3S/c1-10(2)16(9-11-5-3-4-8-15-11)14(18)12-6-7-13(21-12)17(19)20/h6-7,10-11,15H,3-5,8-9H2,1-2H3. The van der Waals surface area contributed by atoms with Gasteiger partial charge >= 0.3 is 5.00 Å². The van der Waals surface area contributed by atoms with Crippen LogP contribution in [-0.2, 0) is 0 Å². The molecule has 0 bridgehead atoms. The summed E-state index contributed by atoms with van der Waals surface area (Å²) >= 11 is 0.946. The number of carbonyl (C=O) groups is 1. The van der Waals surface area contributed by atoms with Crippen molar-refractivity contribution in [2.45, 2.75) is 45.2 Å². The number of hydrogen-bond acceptors (Lipinski definition) is 5. The highest BCUT2D eigenvalue weighted by Crippen LogP contribution is 2.26. The monoisotopic (exact) mass is 311 g/mol. The van der Waals surface area contributed by atoms with E-state index in [9.17, 15) is 14.9 Å². The van der Waals surface area contributed by atoms with Crippen molar-refractivity contribution < 1.29 is 9.72 Å². The lowest BCUT2D eigenvalue weighted by molar-refractivity contribution is -0.380. The Morgan fingerprint density at radius 1 is 1.52 bits per heavy atom. The molecule has 1 aromatic rings. The average Bonchev–Trinajstić information content (AvgIpc) is 2.95. The number of nitro groups is 1. The highest BCUT2D eigenvalue weighted by molar-refractivity contribution is 7.17. The molecule has 1 saturated heterocycles. The molecule has 2 heterocycles. The summed E-state index contributed by atoms with van der Waals surface area (Å²) in [6.07, 6.45) is 3.44. The Morgan fingerprint density at radius 3 is 2.81 bits per heavy atom. The molecule has 1 aliphatic rings.